The third-order valence-corrected chi connectivity index (χ3v) is 3.45. The molecule has 0 fully saturated rings. The second-order valence-electron chi connectivity index (χ2n) is 5.78. The van der Waals surface area contributed by atoms with Crippen LogP contribution in [0.5, 0.6) is 0 Å². The van der Waals surface area contributed by atoms with Gasteiger partial charge in [-0.25, -0.2) is 0 Å². The minimum atomic E-state index is -0.861. The van der Waals surface area contributed by atoms with Gasteiger partial charge in [-0.05, 0) is 56.1 Å². The summed E-state index contributed by atoms with van der Waals surface area (Å²) in [6.07, 6.45) is 2.28. The van der Waals surface area contributed by atoms with E-state index in [2.05, 4.69) is 21.2 Å². The number of aromatic nitrogens is 1. The van der Waals surface area contributed by atoms with E-state index in [1.54, 1.807) is 6.07 Å². The van der Waals surface area contributed by atoms with Crippen LogP contribution in [0.2, 0.25) is 0 Å². The van der Waals surface area contributed by atoms with Gasteiger partial charge in [-0.2, -0.15) is 0 Å². The van der Waals surface area contributed by atoms with Crippen molar-refractivity contribution in [3.8, 4) is 0 Å². The molecule has 0 spiro atoms. The number of carboxylic acids is 1. The summed E-state index contributed by atoms with van der Waals surface area (Å²) in [5.41, 5.74) is 0.00359. The smallest absolute Gasteiger partial charge is 0.303 e. The zero-order chi connectivity index (χ0) is 15.5. The van der Waals surface area contributed by atoms with Crippen LogP contribution in [0, 0.1) is 0 Å². The monoisotopic (exact) mass is 344 g/mol. The number of rotatable bonds is 6. The van der Waals surface area contributed by atoms with Crippen LogP contribution in [0.4, 0.5) is 0 Å². The zero-order valence-electron chi connectivity index (χ0n) is 12.2. The van der Waals surface area contributed by atoms with Gasteiger partial charge >= 0.3 is 5.97 Å². The molecular formula is C14H21BrN2O3. The van der Waals surface area contributed by atoms with Crippen LogP contribution < -0.4 is 5.32 Å². The van der Waals surface area contributed by atoms with Crippen molar-refractivity contribution in [3.05, 3.63) is 22.4 Å². The first-order valence-electron chi connectivity index (χ1n) is 6.54. The summed E-state index contributed by atoms with van der Waals surface area (Å²) in [6, 6.07) is 1.94. The molecule has 1 aromatic rings. The lowest BCUT2D eigenvalue weighted by Gasteiger charge is -2.26. The lowest BCUT2D eigenvalue weighted by molar-refractivity contribution is -0.137. The van der Waals surface area contributed by atoms with Gasteiger partial charge in [0.05, 0.1) is 0 Å². The van der Waals surface area contributed by atoms with Crippen LogP contribution in [-0.2, 0) is 4.79 Å². The summed E-state index contributed by atoms with van der Waals surface area (Å²) in [4.78, 5) is 23.0. The number of carboxylic acid groups (broad SMARTS) is 1. The van der Waals surface area contributed by atoms with E-state index >= 15 is 0 Å². The molecule has 1 aromatic heterocycles. The fourth-order valence-corrected chi connectivity index (χ4v) is 2.35. The Bertz CT molecular complexity index is 507. The lowest BCUT2D eigenvalue weighted by Crippen LogP contribution is -2.44. The highest BCUT2D eigenvalue weighted by molar-refractivity contribution is 9.10. The fraction of sp³-hybridized carbons (Fsp3) is 0.571. The Hall–Kier alpha value is -1.30. The maximum absolute atomic E-state index is 12.3. The topological polar surface area (TPSA) is 71.3 Å². The third kappa shape index (κ3) is 4.67. The molecule has 20 heavy (non-hydrogen) atoms. The van der Waals surface area contributed by atoms with E-state index < -0.39 is 11.5 Å². The maximum atomic E-state index is 12.3. The largest absolute Gasteiger partial charge is 0.481 e. The average Bonchev–Trinajstić information content (AvgIpc) is 2.68. The summed E-state index contributed by atoms with van der Waals surface area (Å²) >= 11 is 3.37. The Morgan fingerprint density at radius 1 is 1.45 bits per heavy atom. The van der Waals surface area contributed by atoms with Crippen molar-refractivity contribution in [1.82, 2.24) is 9.88 Å². The zero-order valence-corrected chi connectivity index (χ0v) is 13.8. The molecule has 0 bridgehead atoms. The van der Waals surface area contributed by atoms with Crippen molar-refractivity contribution < 1.29 is 14.7 Å². The first kappa shape index (κ1) is 16.8. The summed E-state index contributed by atoms with van der Waals surface area (Å²) in [7, 11) is 0. The van der Waals surface area contributed by atoms with Crippen molar-refractivity contribution in [2.75, 3.05) is 0 Å². The Balaban J connectivity index is 2.83. The van der Waals surface area contributed by atoms with E-state index in [-0.39, 0.29) is 18.4 Å². The molecule has 1 amide bonds. The summed E-state index contributed by atoms with van der Waals surface area (Å²) < 4.78 is 2.73. The van der Waals surface area contributed by atoms with Gasteiger partial charge in [0.15, 0.2) is 0 Å². The van der Waals surface area contributed by atoms with E-state index in [4.69, 9.17) is 5.11 Å². The molecule has 2 N–H and O–H groups in total. The van der Waals surface area contributed by atoms with E-state index in [0.29, 0.717) is 12.1 Å². The number of nitrogens with zero attached hydrogens (tertiary/aromatic N) is 1. The number of amides is 1. The second-order valence-corrected chi connectivity index (χ2v) is 6.69. The Morgan fingerprint density at radius 2 is 2.05 bits per heavy atom. The Morgan fingerprint density at radius 3 is 2.55 bits per heavy atom. The first-order chi connectivity index (χ1) is 9.12. The molecule has 5 nitrogen and oxygen atoms in total. The van der Waals surface area contributed by atoms with Crippen molar-refractivity contribution in [2.24, 2.45) is 0 Å². The van der Waals surface area contributed by atoms with Gasteiger partial charge in [0.1, 0.15) is 5.69 Å². The predicted molar refractivity (Wildman–Crippen MR) is 80.9 cm³/mol. The van der Waals surface area contributed by atoms with E-state index in [1.807, 2.05) is 38.5 Å². The molecule has 1 rings (SSSR count). The predicted octanol–water partition coefficient (Wildman–Crippen LogP) is 3.20. The number of halogens is 1. The first-order valence-corrected chi connectivity index (χ1v) is 7.33. The molecule has 0 radical (unpaired) electrons. The minimum absolute atomic E-state index is 0.0299. The molecule has 0 atom stereocenters. The van der Waals surface area contributed by atoms with Crippen LogP contribution in [-0.4, -0.2) is 27.1 Å². The third-order valence-electron chi connectivity index (χ3n) is 3.02. The molecule has 6 heteroatoms. The SMILES string of the molecule is CC(C)n1cc(Br)cc1C(=O)NC(C)(C)CCC(=O)O. The van der Waals surface area contributed by atoms with Crippen LogP contribution in [0.15, 0.2) is 16.7 Å². The summed E-state index contributed by atoms with van der Waals surface area (Å²) in [5.74, 6) is -1.06. The van der Waals surface area contributed by atoms with Crippen LogP contribution >= 0.6 is 15.9 Å². The molecule has 1 heterocycles. The highest BCUT2D eigenvalue weighted by Crippen LogP contribution is 2.20. The average molecular weight is 345 g/mol. The van der Waals surface area contributed by atoms with Crippen molar-refractivity contribution in [1.29, 1.82) is 0 Å². The second kappa shape index (κ2) is 6.43. The van der Waals surface area contributed by atoms with Gasteiger partial charge in [-0.3, -0.25) is 9.59 Å². The molecule has 0 aliphatic carbocycles. The molecule has 0 aromatic carbocycles. The Labute approximate surface area is 127 Å². The molecule has 0 saturated heterocycles. The van der Waals surface area contributed by atoms with Gasteiger partial charge < -0.3 is 15.0 Å². The van der Waals surface area contributed by atoms with Gasteiger partial charge in [0.2, 0.25) is 0 Å². The number of hydrogen-bond donors (Lipinski definition) is 2. The maximum Gasteiger partial charge on any atom is 0.303 e. The van der Waals surface area contributed by atoms with Crippen LogP contribution in [0.25, 0.3) is 0 Å². The van der Waals surface area contributed by atoms with Gasteiger partial charge in [0, 0.05) is 28.7 Å². The van der Waals surface area contributed by atoms with Gasteiger partial charge in [-0.15, -0.1) is 0 Å². The number of carbonyl (C=O) groups excluding carboxylic acids is 1. The van der Waals surface area contributed by atoms with Gasteiger partial charge in [-0.1, -0.05) is 0 Å². The van der Waals surface area contributed by atoms with E-state index in [9.17, 15) is 9.59 Å². The minimum Gasteiger partial charge on any atom is -0.481 e. The molecule has 0 aliphatic rings. The van der Waals surface area contributed by atoms with Crippen molar-refractivity contribution in [3.63, 3.8) is 0 Å². The number of nitrogens with one attached hydrogen (secondary N) is 1. The fourth-order valence-electron chi connectivity index (χ4n) is 1.91. The lowest BCUT2D eigenvalue weighted by atomic mass is 9.98. The standard InChI is InChI=1S/C14H21BrN2O3/c1-9(2)17-8-10(15)7-11(17)13(20)16-14(3,4)6-5-12(18)19/h7-9H,5-6H2,1-4H3,(H,16,20)(H,18,19). The molecular weight excluding hydrogens is 324 g/mol. The summed E-state index contributed by atoms with van der Waals surface area (Å²) in [5, 5.41) is 11.6. The summed E-state index contributed by atoms with van der Waals surface area (Å²) in [6.45, 7) is 7.65. The number of carbonyl (C=O) groups is 2. The van der Waals surface area contributed by atoms with Crippen LogP contribution in [0.3, 0.4) is 0 Å². The highest BCUT2D eigenvalue weighted by atomic mass is 79.9. The van der Waals surface area contributed by atoms with E-state index in [0.717, 1.165) is 4.47 Å². The van der Waals surface area contributed by atoms with E-state index in [1.165, 1.54) is 0 Å². The van der Waals surface area contributed by atoms with Gasteiger partial charge in [0.25, 0.3) is 5.91 Å². The molecule has 0 aliphatic heterocycles. The highest BCUT2D eigenvalue weighted by Gasteiger charge is 2.24. The number of hydrogen-bond acceptors (Lipinski definition) is 2. The molecule has 112 valence electrons. The molecule has 0 saturated carbocycles. The number of aliphatic carboxylic acids is 1. The Kier molecular flexibility index (Phi) is 5.39. The van der Waals surface area contributed by atoms with Crippen molar-refractivity contribution >= 4 is 27.8 Å². The molecule has 0 unspecified atom stereocenters. The normalized spacial score (nSPS) is 11.7. The van der Waals surface area contributed by atoms with Crippen LogP contribution in [0.1, 0.15) is 57.1 Å². The quantitative estimate of drug-likeness (QED) is 0.832. The van der Waals surface area contributed by atoms with Crippen molar-refractivity contribution in [2.45, 2.75) is 52.1 Å².